The fraction of sp³-hybridized carbons (Fsp3) is 0.562. The third kappa shape index (κ3) is 7.21. The SMILES string of the molecule is CCSCCC(C)N(C)C(=O)CC(N)c1ccccc1.Cl. The molecule has 1 aromatic carbocycles. The molecule has 0 saturated carbocycles. The Balaban J connectivity index is 0.00000400. The van der Waals surface area contributed by atoms with E-state index >= 15 is 0 Å². The maximum Gasteiger partial charge on any atom is 0.224 e. The lowest BCUT2D eigenvalue weighted by Gasteiger charge is -2.26. The molecule has 0 spiro atoms. The molecule has 1 aromatic rings. The molecule has 0 aliphatic rings. The average Bonchev–Trinajstić information content (AvgIpc) is 2.47. The molecule has 0 saturated heterocycles. The van der Waals surface area contributed by atoms with E-state index in [4.69, 9.17) is 5.73 Å². The highest BCUT2D eigenvalue weighted by Crippen LogP contribution is 2.16. The molecule has 2 unspecified atom stereocenters. The average molecular weight is 331 g/mol. The Morgan fingerprint density at radius 3 is 2.52 bits per heavy atom. The zero-order valence-corrected chi connectivity index (χ0v) is 14.8. The number of benzene rings is 1. The van der Waals surface area contributed by atoms with Gasteiger partial charge in [0, 0.05) is 25.6 Å². The molecule has 0 bridgehead atoms. The van der Waals surface area contributed by atoms with Gasteiger partial charge in [0.15, 0.2) is 0 Å². The lowest BCUT2D eigenvalue weighted by Crippen LogP contribution is -2.37. The molecule has 120 valence electrons. The summed E-state index contributed by atoms with van der Waals surface area (Å²) in [7, 11) is 1.88. The first-order valence-corrected chi connectivity index (χ1v) is 8.35. The zero-order chi connectivity index (χ0) is 15.0. The van der Waals surface area contributed by atoms with Gasteiger partial charge >= 0.3 is 0 Å². The van der Waals surface area contributed by atoms with E-state index in [1.165, 1.54) is 0 Å². The van der Waals surface area contributed by atoms with E-state index < -0.39 is 0 Å². The first kappa shape index (κ1) is 20.3. The number of carbonyl (C=O) groups excluding carboxylic acids is 1. The predicted molar refractivity (Wildman–Crippen MR) is 95.1 cm³/mol. The first-order valence-electron chi connectivity index (χ1n) is 7.20. The van der Waals surface area contributed by atoms with E-state index in [2.05, 4.69) is 13.8 Å². The fourth-order valence-electron chi connectivity index (χ4n) is 1.99. The van der Waals surface area contributed by atoms with Crippen LogP contribution in [0.15, 0.2) is 30.3 Å². The molecule has 0 heterocycles. The topological polar surface area (TPSA) is 46.3 Å². The number of hydrogen-bond donors (Lipinski definition) is 1. The van der Waals surface area contributed by atoms with Gasteiger partial charge in [-0.3, -0.25) is 4.79 Å². The smallest absolute Gasteiger partial charge is 0.224 e. The van der Waals surface area contributed by atoms with Gasteiger partial charge in [0.2, 0.25) is 5.91 Å². The Labute approximate surface area is 139 Å². The van der Waals surface area contributed by atoms with Gasteiger partial charge in [0.05, 0.1) is 0 Å². The van der Waals surface area contributed by atoms with Crippen molar-refractivity contribution in [2.24, 2.45) is 5.73 Å². The molecule has 0 radical (unpaired) electrons. The summed E-state index contributed by atoms with van der Waals surface area (Å²) < 4.78 is 0. The summed E-state index contributed by atoms with van der Waals surface area (Å²) in [5.74, 6) is 2.35. The third-order valence-electron chi connectivity index (χ3n) is 3.56. The van der Waals surface area contributed by atoms with Crippen LogP contribution in [0.4, 0.5) is 0 Å². The lowest BCUT2D eigenvalue weighted by atomic mass is 10.0. The highest BCUT2D eigenvalue weighted by atomic mass is 35.5. The predicted octanol–water partition coefficient (Wildman–Crippen LogP) is 3.49. The van der Waals surface area contributed by atoms with Crippen molar-refractivity contribution in [2.45, 2.75) is 38.8 Å². The van der Waals surface area contributed by atoms with E-state index in [0.29, 0.717) is 6.42 Å². The van der Waals surface area contributed by atoms with E-state index in [1.807, 2.05) is 54.0 Å². The Bertz CT molecular complexity index is 403. The number of amides is 1. The van der Waals surface area contributed by atoms with Crippen LogP contribution in [-0.2, 0) is 4.79 Å². The van der Waals surface area contributed by atoms with Crippen molar-refractivity contribution >= 4 is 30.1 Å². The third-order valence-corrected chi connectivity index (χ3v) is 4.49. The van der Waals surface area contributed by atoms with Gasteiger partial charge < -0.3 is 10.6 Å². The normalized spacial score (nSPS) is 13.1. The van der Waals surface area contributed by atoms with Gasteiger partial charge in [-0.1, -0.05) is 37.3 Å². The summed E-state index contributed by atoms with van der Waals surface area (Å²) in [5, 5.41) is 0. The molecule has 0 aromatic heterocycles. The molecular formula is C16H27ClN2OS. The Hall–Kier alpha value is -0.710. The quantitative estimate of drug-likeness (QED) is 0.742. The molecule has 0 aliphatic carbocycles. The molecule has 1 amide bonds. The van der Waals surface area contributed by atoms with Crippen LogP contribution in [0.2, 0.25) is 0 Å². The highest BCUT2D eigenvalue weighted by molar-refractivity contribution is 7.99. The summed E-state index contributed by atoms with van der Waals surface area (Å²) >= 11 is 1.91. The van der Waals surface area contributed by atoms with Crippen molar-refractivity contribution in [2.75, 3.05) is 18.6 Å². The van der Waals surface area contributed by atoms with Crippen molar-refractivity contribution < 1.29 is 4.79 Å². The Morgan fingerprint density at radius 2 is 1.95 bits per heavy atom. The minimum Gasteiger partial charge on any atom is -0.343 e. The van der Waals surface area contributed by atoms with Crippen molar-refractivity contribution in [3.8, 4) is 0 Å². The number of thioether (sulfide) groups is 1. The Morgan fingerprint density at radius 1 is 1.33 bits per heavy atom. The molecule has 3 nitrogen and oxygen atoms in total. The summed E-state index contributed by atoms with van der Waals surface area (Å²) in [6, 6.07) is 9.85. The monoisotopic (exact) mass is 330 g/mol. The molecule has 2 atom stereocenters. The van der Waals surface area contributed by atoms with E-state index in [0.717, 1.165) is 23.5 Å². The minimum atomic E-state index is -0.219. The fourth-order valence-corrected chi connectivity index (χ4v) is 2.78. The summed E-state index contributed by atoms with van der Waals surface area (Å²) in [6.07, 6.45) is 1.40. The van der Waals surface area contributed by atoms with Crippen molar-refractivity contribution in [1.82, 2.24) is 4.90 Å². The number of rotatable bonds is 8. The van der Waals surface area contributed by atoms with Gasteiger partial charge in [-0.15, -0.1) is 12.4 Å². The van der Waals surface area contributed by atoms with E-state index in [-0.39, 0.29) is 30.4 Å². The lowest BCUT2D eigenvalue weighted by molar-refractivity contribution is -0.132. The molecule has 1 rings (SSSR count). The maximum absolute atomic E-state index is 12.2. The van der Waals surface area contributed by atoms with Gasteiger partial charge in [-0.25, -0.2) is 0 Å². The number of nitrogens with zero attached hydrogens (tertiary/aromatic N) is 1. The van der Waals surface area contributed by atoms with Crippen LogP contribution in [0.5, 0.6) is 0 Å². The van der Waals surface area contributed by atoms with Gasteiger partial charge in [0.1, 0.15) is 0 Å². The molecule has 0 aliphatic heterocycles. The summed E-state index contributed by atoms with van der Waals surface area (Å²) in [5.41, 5.74) is 7.12. The highest BCUT2D eigenvalue weighted by Gasteiger charge is 2.18. The molecule has 2 N–H and O–H groups in total. The van der Waals surface area contributed by atoms with Crippen LogP contribution < -0.4 is 5.73 Å². The maximum atomic E-state index is 12.2. The van der Waals surface area contributed by atoms with E-state index in [9.17, 15) is 4.79 Å². The zero-order valence-electron chi connectivity index (χ0n) is 13.1. The van der Waals surface area contributed by atoms with E-state index in [1.54, 1.807) is 0 Å². The summed E-state index contributed by atoms with van der Waals surface area (Å²) in [4.78, 5) is 14.1. The Kier molecular flexibility index (Phi) is 10.6. The molecule has 0 fully saturated rings. The van der Waals surface area contributed by atoms with Gasteiger partial charge in [-0.05, 0) is 30.4 Å². The largest absolute Gasteiger partial charge is 0.343 e. The van der Waals surface area contributed by atoms with Crippen LogP contribution in [0, 0.1) is 0 Å². The molecular weight excluding hydrogens is 304 g/mol. The molecule has 21 heavy (non-hydrogen) atoms. The van der Waals surface area contributed by atoms with Crippen molar-refractivity contribution in [3.63, 3.8) is 0 Å². The first-order chi connectivity index (χ1) is 9.56. The van der Waals surface area contributed by atoms with Crippen LogP contribution in [0.1, 0.15) is 38.3 Å². The number of hydrogen-bond acceptors (Lipinski definition) is 3. The van der Waals surface area contributed by atoms with Gasteiger partial charge in [0.25, 0.3) is 0 Å². The van der Waals surface area contributed by atoms with Crippen molar-refractivity contribution in [3.05, 3.63) is 35.9 Å². The number of halogens is 1. The summed E-state index contributed by atoms with van der Waals surface area (Å²) in [6.45, 7) is 4.26. The van der Waals surface area contributed by atoms with Crippen molar-refractivity contribution in [1.29, 1.82) is 0 Å². The second-order valence-electron chi connectivity index (χ2n) is 5.06. The van der Waals surface area contributed by atoms with Crippen LogP contribution in [0.3, 0.4) is 0 Å². The number of carbonyl (C=O) groups is 1. The van der Waals surface area contributed by atoms with Crippen LogP contribution in [0.25, 0.3) is 0 Å². The minimum absolute atomic E-state index is 0. The standard InChI is InChI=1S/C16H26N2OS.ClH/c1-4-20-11-10-13(2)18(3)16(19)12-15(17)14-8-6-5-7-9-14;/h5-9,13,15H,4,10-12,17H2,1-3H3;1H. The number of nitrogens with two attached hydrogens (primary N) is 1. The van der Waals surface area contributed by atoms with Crippen LogP contribution in [-0.4, -0.2) is 35.4 Å². The van der Waals surface area contributed by atoms with Gasteiger partial charge in [-0.2, -0.15) is 11.8 Å². The second kappa shape index (κ2) is 10.9. The molecule has 5 heteroatoms. The second-order valence-corrected chi connectivity index (χ2v) is 6.45. The van der Waals surface area contributed by atoms with Crippen LogP contribution >= 0.6 is 24.2 Å².